The number of para-hydroxylation sites is 1. The first-order chi connectivity index (χ1) is 9.15. The Bertz CT molecular complexity index is 595. The zero-order chi connectivity index (χ0) is 13.7. The smallest absolute Gasteiger partial charge is 0.336 e. The van der Waals surface area contributed by atoms with Gasteiger partial charge in [-0.1, -0.05) is 48.0 Å². The van der Waals surface area contributed by atoms with Gasteiger partial charge in [-0.15, -0.1) is 0 Å². The van der Waals surface area contributed by atoms with E-state index >= 15 is 0 Å². The molecule has 0 unspecified atom stereocenters. The standard InChI is InChI=1S/C17H16O2/c1-13-7-9-15(10-8-13)11-12-17(18)19-16-6-4-3-5-14(16)2/h3-12H,1-2H3/b12-11+. The van der Waals surface area contributed by atoms with Crippen LogP contribution in [-0.4, -0.2) is 5.97 Å². The van der Waals surface area contributed by atoms with E-state index in [9.17, 15) is 4.79 Å². The molecule has 0 heterocycles. The molecule has 0 aliphatic heterocycles. The topological polar surface area (TPSA) is 26.3 Å². The van der Waals surface area contributed by atoms with Crippen molar-refractivity contribution in [3.8, 4) is 5.75 Å². The fourth-order valence-corrected chi connectivity index (χ4v) is 1.66. The van der Waals surface area contributed by atoms with Gasteiger partial charge >= 0.3 is 5.97 Å². The fourth-order valence-electron chi connectivity index (χ4n) is 1.66. The summed E-state index contributed by atoms with van der Waals surface area (Å²) in [5, 5.41) is 0. The minimum atomic E-state index is -0.366. The number of aryl methyl sites for hydroxylation is 2. The number of ether oxygens (including phenoxy) is 1. The average Bonchev–Trinajstić information content (AvgIpc) is 2.41. The lowest BCUT2D eigenvalue weighted by molar-refractivity contribution is -0.128. The Balaban J connectivity index is 2.02. The molecular formula is C17H16O2. The molecule has 0 atom stereocenters. The molecule has 0 aliphatic rings. The summed E-state index contributed by atoms with van der Waals surface area (Å²) >= 11 is 0. The molecule has 19 heavy (non-hydrogen) atoms. The molecule has 0 spiro atoms. The average molecular weight is 252 g/mol. The Morgan fingerprint density at radius 3 is 2.37 bits per heavy atom. The molecule has 2 nitrogen and oxygen atoms in total. The largest absolute Gasteiger partial charge is 0.423 e. The van der Waals surface area contributed by atoms with Gasteiger partial charge in [0.25, 0.3) is 0 Å². The summed E-state index contributed by atoms with van der Waals surface area (Å²) in [5.41, 5.74) is 3.12. The summed E-state index contributed by atoms with van der Waals surface area (Å²) in [5.74, 6) is 0.232. The molecule has 0 radical (unpaired) electrons. The Labute approximate surface area is 113 Å². The molecule has 96 valence electrons. The van der Waals surface area contributed by atoms with Crippen LogP contribution in [0.2, 0.25) is 0 Å². The van der Waals surface area contributed by atoms with E-state index in [4.69, 9.17) is 4.74 Å². The number of rotatable bonds is 3. The van der Waals surface area contributed by atoms with Gasteiger partial charge in [0.1, 0.15) is 5.75 Å². The van der Waals surface area contributed by atoms with Gasteiger partial charge < -0.3 is 4.74 Å². The minimum absolute atomic E-state index is 0.366. The minimum Gasteiger partial charge on any atom is -0.423 e. The number of hydrogen-bond donors (Lipinski definition) is 0. The zero-order valence-electron chi connectivity index (χ0n) is 11.1. The van der Waals surface area contributed by atoms with E-state index < -0.39 is 0 Å². The van der Waals surface area contributed by atoms with E-state index in [-0.39, 0.29) is 5.97 Å². The van der Waals surface area contributed by atoms with Crippen LogP contribution >= 0.6 is 0 Å². The summed E-state index contributed by atoms with van der Waals surface area (Å²) in [7, 11) is 0. The number of hydrogen-bond acceptors (Lipinski definition) is 2. The van der Waals surface area contributed by atoms with Crippen molar-refractivity contribution in [1.29, 1.82) is 0 Å². The zero-order valence-corrected chi connectivity index (χ0v) is 11.1. The van der Waals surface area contributed by atoms with Gasteiger partial charge in [-0.05, 0) is 37.1 Å². The first kappa shape index (κ1) is 13.1. The van der Waals surface area contributed by atoms with Gasteiger partial charge in [-0.2, -0.15) is 0 Å². The van der Waals surface area contributed by atoms with Crippen LogP contribution in [0.25, 0.3) is 6.08 Å². The molecule has 0 fully saturated rings. The lowest BCUT2D eigenvalue weighted by Gasteiger charge is -2.04. The van der Waals surface area contributed by atoms with Crippen molar-refractivity contribution in [2.75, 3.05) is 0 Å². The lowest BCUT2D eigenvalue weighted by atomic mass is 10.1. The Morgan fingerprint density at radius 1 is 1.00 bits per heavy atom. The van der Waals surface area contributed by atoms with Gasteiger partial charge in [0.05, 0.1) is 0 Å². The normalized spacial score (nSPS) is 10.6. The monoisotopic (exact) mass is 252 g/mol. The van der Waals surface area contributed by atoms with Crippen LogP contribution in [0.3, 0.4) is 0 Å². The van der Waals surface area contributed by atoms with Crippen molar-refractivity contribution in [3.63, 3.8) is 0 Å². The third-order valence-electron chi connectivity index (χ3n) is 2.79. The molecule has 0 aromatic heterocycles. The van der Waals surface area contributed by atoms with Gasteiger partial charge in [-0.3, -0.25) is 0 Å². The number of carbonyl (C=O) groups is 1. The van der Waals surface area contributed by atoms with Crippen LogP contribution < -0.4 is 4.74 Å². The quantitative estimate of drug-likeness (QED) is 0.470. The Morgan fingerprint density at radius 2 is 1.68 bits per heavy atom. The Hall–Kier alpha value is -2.35. The summed E-state index contributed by atoms with van der Waals surface area (Å²) in [6, 6.07) is 15.4. The lowest BCUT2D eigenvalue weighted by Crippen LogP contribution is -2.04. The first-order valence-electron chi connectivity index (χ1n) is 6.17. The second-order valence-corrected chi connectivity index (χ2v) is 4.43. The van der Waals surface area contributed by atoms with Gasteiger partial charge in [0, 0.05) is 6.08 Å². The van der Waals surface area contributed by atoms with E-state index in [1.807, 2.05) is 56.3 Å². The summed E-state index contributed by atoms with van der Waals surface area (Å²) in [6.45, 7) is 3.94. The molecule has 2 heteroatoms. The van der Waals surface area contributed by atoms with E-state index in [0.29, 0.717) is 5.75 Å². The van der Waals surface area contributed by atoms with Crippen molar-refractivity contribution in [3.05, 3.63) is 71.3 Å². The van der Waals surface area contributed by atoms with Crippen molar-refractivity contribution in [1.82, 2.24) is 0 Å². The second-order valence-electron chi connectivity index (χ2n) is 4.43. The maximum Gasteiger partial charge on any atom is 0.336 e. The molecular weight excluding hydrogens is 236 g/mol. The molecule has 0 saturated carbocycles. The second kappa shape index (κ2) is 6.01. The Kier molecular flexibility index (Phi) is 4.14. The molecule has 2 rings (SSSR count). The van der Waals surface area contributed by atoms with Gasteiger partial charge in [0.15, 0.2) is 0 Å². The molecule has 0 saturated heterocycles. The van der Waals surface area contributed by atoms with Crippen molar-refractivity contribution >= 4 is 12.0 Å². The first-order valence-corrected chi connectivity index (χ1v) is 6.17. The molecule has 0 N–H and O–H groups in total. The van der Waals surface area contributed by atoms with E-state index in [1.54, 1.807) is 12.1 Å². The van der Waals surface area contributed by atoms with Crippen molar-refractivity contribution in [2.45, 2.75) is 13.8 Å². The highest BCUT2D eigenvalue weighted by atomic mass is 16.5. The van der Waals surface area contributed by atoms with Gasteiger partial charge in [-0.25, -0.2) is 4.79 Å². The molecule has 0 bridgehead atoms. The predicted octanol–water partition coefficient (Wildman–Crippen LogP) is 3.92. The highest BCUT2D eigenvalue weighted by Gasteiger charge is 2.02. The van der Waals surface area contributed by atoms with Crippen LogP contribution in [0.15, 0.2) is 54.6 Å². The maximum atomic E-state index is 11.7. The SMILES string of the molecule is Cc1ccc(/C=C/C(=O)Oc2ccccc2C)cc1. The highest BCUT2D eigenvalue weighted by molar-refractivity contribution is 5.88. The van der Waals surface area contributed by atoms with E-state index in [1.165, 1.54) is 11.6 Å². The number of esters is 1. The van der Waals surface area contributed by atoms with Crippen LogP contribution in [0.5, 0.6) is 5.75 Å². The molecule has 2 aromatic carbocycles. The maximum absolute atomic E-state index is 11.7. The van der Waals surface area contributed by atoms with Crippen molar-refractivity contribution < 1.29 is 9.53 Å². The fraction of sp³-hybridized carbons (Fsp3) is 0.118. The molecule has 2 aromatic rings. The van der Waals surface area contributed by atoms with Crippen LogP contribution in [0.1, 0.15) is 16.7 Å². The third-order valence-corrected chi connectivity index (χ3v) is 2.79. The van der Waals surface area contributed by atoms with E-state index in [2.05, 4.69) is 0 Å². The van der Waals surface area contributed by atoms with E-state index in [0.717, 1.165) is 11.1 Å². The van der Waals surface area contributed by atoms with Crippen LogP contribution in [-0.2, 0) is 4.79 Å². The summed E-state index contributed by atoms with van der Waals surface area (Å²) in [4.78, 5) is 11.7. The van der Waals surface area contributed by atoms with Crippen molar-refractivity contribution in [2.24, 2.45) is 0 Å². The summed E-state index contributed by atoms with van der Waals surface area (Å²) in [6.07, 6.45) is 3.19. The van der Waals surface area contributed by atoms with Crippen LogP contribution in [0.4, 0.5) is 0 Å². The molecule has 0 aliphatic carbocycles. The summed E-state index contributed by atoms with van der Waals surface area (Å²) < 4.78 is 5.26. The number of carbonyl (C=O) groups excluding carboxylic acids is 1. The van der Waals surface area contributed by atoms with Crippen LogP contribution in [0, 0.1) is 13.8 Å². The third kappa shape index (κ3) is 3.81. The highest BCUT2D eigenvalue weighted by Crippen LogP contribution is 2.16. The number of benzene rings is 2. The molecule has 0 amide bonds. The van der Waals surface area contributed by atoms with Gasteiger partial charge in [0.2, 0.25) is 0 Å². The predicted molar refractivity (Wildman–Crippen MR) is 77.0 cm³/mol.